The fourth-order valence-electron chi connectivity index (χ4n) is 4.54. The minimum absolute atomic E-state index is 0.179. The van der Waals surface area contributed by atoms with Crippen LogP contribution in [0.5, 0.6) is 5.75 Å². The highest BCUT2D eigenvalue weighted by Gasteiger charge is 2.54. The van der Waals surface area contributed by atoms with Gasteiger partial charge in [0.1, 0.15) is 5.75 Å². The van der Waals surface area contributed by atoms with E-state index in [4.69, 9.17) is 0 Å². The van der Waals surface area contributed by atoms with E-state index in [9.17, 15) is 10.2 Å². The van der Waals surface area contributed by atoms with Crippen molar-refractivity contribution in [3.63, 3.8) is 0 Å². The monoisotopic (exact) mass is 289 g/mol. The Hall–Kier alpha value is -1.06. The molecule has 1 aromatic carbocycles. The molecule has 0 radical (unpaired) electrons. The first-order valence-electron chi connectivity index (χ1n) is 8.16. The van der Waals surface area contributed by atoms with E-state index in [0.29, 0.717) is 5.75 Å². The smallest absolute Gasteiger partial charge is 0.115 e. The highest BCUT2D eigenvalue weighted by Crippen LogP contribution is 2.55. The van der Waals surface area contributed by atoms with Crippen LogP contribution in [0, 0.1) is 0 Å². The molecule has 3 nitrogen and oxygen atoms in total. The Balaban J connectivity index is 2.09. The van der Waals surface area contributed by atoms with E-state index in [1.807, 2.05) is 6.07 Å². The fourth-order valence-corrected chi connectivity index (χ4v) is 4.54. The first-order valence-corrected chi connectivity index (χ1v) is 8.16. The summed E-state index contributed by atoms with van der Waals surface area (Å²) in [4.78, 5) is 2.20. The van der Waals surface area contributed by atoms with Gasteiger partial charge in [0.2, 0.25) is 0 Å². The third kappa shape index (κ3) is 2.36. The number of hydrogen-bond acceptors (Lipinski definition) is 3. The second-order valence-electron chi connectivity index (χ2n) is 7.22. The molecule has 116 valence electrons. The standard InChI is InChI=1S/C18H27NO2/c1-19(2)12-11-17-8-3-4-9-18(17,21)10-7-14-5-6-15(20)13-16(14)17/h5-6,13,20-21H,3-4,7-12H2,1-2H3. The molecule has 2 N–H and O–H groups in total. The molecule has 2 atom stereocenters. The van der Waals surface area contributed by atoms with Crippen molar-refractivity contribution in [2.75, 3.05) is 20.6 Å². The molecule has 21 heavy (non-hydrogen) atoms. The van der Waals surface area contributed by atoms with Crippen molar-refractivity contribution in [3.05, 3.63) is 29.3 Å². The number of phenolic OH excluding ortho intramolecular Hbond substituents is 1. The molecule has 0 saturated heterocycles. The molecule has 2 aliphatic carbocycles. The Kier molecular flexibility index (Phi) is 3.74. The number of aromatic hydroxyl groups is 1. The van der Waals surface area contributed by atoms with Crippen LogP contribution in [0.3, 0.4) is 0 Å². The Morgan fingerprint density at radius 3 is 2.67 bits per heavy atom. The first-order chi connectivity index (χ1) is 9.97. The third-order valence-corrected chi connectivity index (χ3v) is 5.74. The number of phenols is 1. The lowest BCUT2D eigenvalue weighted by atomic mass is 9.53. The number of aliphatic hydroxyl groups is 1. The molecule has 1 saturated carbocycles. The van der Waals surface area contributed by atoms with Crippen molar-refractivity contribution in [1.82, 2.24) is 4.90 Å². The summed E-state index contributed by atoms with van der Waals surface area (Å²) in [5.41, 5.74) is 1.75. The second-order valence-corrected chi connectivity index (χ2v) is 7.22. The summed E-state index contributed by atoms with van der Waals surface area (Å²) in [7, 11) is 4.18. The summed E-state index contributed by atoms with van der Waals surface area (Å²) >= 11 is 0. The number of hydrogen-bond donors (Lipinski definition) is 2. The van der Waals surface area contributed by atoms with Crippen molar-refractivity contribution < 1.29 is 10.2 Å². The Labute approximate surface area is 127 Å². The number of benzene rings is 1. The lowest BCUT2D eigenvalue weighted by Crippen LogP contribution is -2.57. The van der Waals surface area contributed by atoms with Crippen LogP contribution in [0.1, 0.15) is 49.7 Å². The quantitative estimate of drug-likeness (QED) is 0.899. The first kappa shape index (κ1) is 14.9. The highest BCUT2D eigenvalue weighted by atomic mass is 16.3. The summed E-state index contributed by atoms with van der Waals surface area (Å²) in [6, 6.07) is 5.75. The van der Waals surface area contributed by atoms with Gasteiger partial charge < -0.3 is 15.1 Å². The topological polar surface area (TPSA) is 43.7 Å². The molecule has 0 aliphatic heterocycles. The van der Waals surface area contributed by atoms with Crippen LogP contribution >= 0.6 is 0 Å². The van der Waals surface area contributed by atoms with Crippen LogP contribution in [-0.2, 0) is 11.8 Å². The van der Waals surface area contributed by atoms with E-state index in [0.717, 1.165) is 45.1 Å². The van der Waals surface area contributed by atoms with Crippen LogP contribution < -0.4 is 0 Å². The van der Waals surface area contributed by atoms with Gasteiger partial charge in [0, 0.05) is 5.41 Å². The minimum Gasteiger partial charge on any atom is -0.508 e. The van der Waals surface area contributed by atoms with Crippen molar-refractivity contribution in [2.45, 2.75) is 56.0 Å². The average Bonchev–Trinajstić information content (AvgIpc) is 2.45. The maximum atomic E-state index is 11.4. The minimum atomic E-state index is -0.595. The van der Waals surface area contributed by atoms with Crippen LogP contribution in [0.4, 0.5) is 0 Å². The van der Waals surface area contributed by atoms with Gasteiger partial charge in [-0.15, -0.1) is 0 Å². The number of rotatable bonds is 3. The zero-order valence-electron chi connectivity index (χ0n) is 13.2. The van der Waals surface area contributed by atoms with Gasteiger partial charge in [0.25, 0.3) is 0 Å². The number of aryl methyl sites for hydroxylation is 1. The molecule has 0 spiro atoms. The summed E-state index contributed by atoms with van der Waals surface area (Å²) in [6.45, 7) is 0.970. The van der Waals surface area contributed by atoms with Crippen LogP contribution in [0.2, 0.25) is 0 Å². The van der Waals surface area contributed by atoms with E-state index in [2.05, 4.69) is 25.1 Å². The van der Waals surface area contributed by atoms with Gasteiger partial charge in [-0.3, -0.25) is 0 Å². The van der Waals surface area contributed by atoms with E-state index in [-0.39, 0.29) is 5.41 Å². The molecule has 2 unspecified atom stereocenters. The maximum Gasteiger partial charge on any atom is 0.115 e. The van der Waals surface area contributed by atoms with Crippen LogP contribution in [-0.4, -0.2) is 41.4 Å². The summed E-state index contributed by atoms with van der Waals surface area (Å²) in [5, 5.41) is 21.4. The normalized spacial score (nSPS) is 31.8. The fraction of sp³-hybridized carbons (Fsp3) is 0.667. The van der Waals surface area contributed by atoms with Gasteiger partial charge in [-0.25, -0.2) is 0 Å². The van der Waals surface area contributed by atoms with Gasteiger partial charge >= 0.3 is 0 Å². The van der Waals surface area contributed by atoms with Crippen LogP contribution in [0.25, 0.3) is 0 Å². The van der Waals surface area contributed by atoms with E-state index in [1.54, 1.807) is 6.07 Å². The Bertz CT molecular complexity index is 528. The van der Waals surface area contributed by atoms with Crippen molar-refractivity contribution in [2.24, 2.45) is 0 Å². The third-order valence-electron chi connectivity index (χ3n) is 5.74. The molecule has 0 bridgehead atoms. The molecular formula is C18H27NO2. The van der Waals surface area contributed by atoms with Gasteiger partial charge in [-0.2, -0.15) is 0 Å². The van der Waals surface area contributed by atoms with Gasteiger partial charge in [0.05, 0.1) is 5.60 Å². The molecule has 3 rings (SSSR count). The average molecular weight is 289 g/mol. The molecule has 1 aromatic rings. The predicted octanol–water partition coefficient (Wildman–Crippen LogP) is 2.83. The number of fused-ring (bicyclic) bond motifs is 3. The van der Waals surface area contributed by atoms with Crippen molar-refractivity contribution in [1.29, 1.82) is 0 Å². The van der Waals surface area contributed by atoms with E-state index in [1.165, 1.54) is 17.5 Å². The molecule has 0 amide bonds. The van der Waals surface area contributed by atoms with Crippen LogP contribution in [0.15, 0.2) is 18.2 Å². The zero-order valence-corrected chi connectivity index (χ0v) is 13.2. The van der Waals surface area contributed by atoms with Gasteiger partial charge in [-0.05, 0) is 76.0 Å². The largest absolute Gasteiger partial charge is 0.508 e. The zero-order chi connectivity index (χ0) is 15.1. The van der Waals surface area contributed by atoms with E-state index >= 15 is 0 Å². The SMILES string of the molecule is CN(C)CCC12CCCCC1(O)CCc1ccc(O)cc12. The van der Waals surface area contributed by atoms with Gasteiger partial charge in [0.15, 0.2) is 0 Å². The van der Waals surface area contributed by atoms with E-state index < -0.39 is 5.60 Å². The van der Waals surface area contributed by atoms with Gasteiger partial charge in [-0.1, -0.05) is 18.9 Å². The summed E-state index contributed by atoms with van der Waals surface area (Å²) < 4.78 is 0. The van der Waals surface area contributed by atoms with Crippen molar-refractivity contribution in [3.8, 4) is 5.75 Å². The summed E-state index contributed by atoms with van der Waals surface area (Å²) in [6.07, 6.45) is 6.98. The Morgan fingerprint density at radius 1 is 1.14 bits per heavy atom. The molecule has 3 heteroatoms. The summed E-state index contributed by atoms with van der Waals surface area (Å²) in [5.74, 6) is 0.327. The lowest BCUT2D eigenvalue weighted by molar-refractivity contribution is -0.0887. The second kappa shape index (κ2) is 5.29. The Morgan fingerprint density at radius 2 is 1.90 bits per heavy atom. The number of nitrogens with zero attached hydrogens (tertiary/aromatic N) is 1. The molecular weight excluding hydrogens is 262 g/mol. The molecule has 0 aromatic heterocycles. The molecule has 1 fully saturated rings. The maximum absolute atomic E-state index is 11.4. The molecule has 0 heterocycles. The highest BCUT2D eigenvalue weighted by molar-refractivity contribution is 5.45. The lowest BCUT2D eigenvalue weighted by Gasteiger charge is -2.55. The molecule has 2 aliphatic rings. The predicted molar refractivity (Wildman–Crippen MR) is 84.7 cm³/mol. The van der Waals surface area contributed by atoms with Crippen molar-refractivity contribution >= 4 is 0 Å².